The molecule has 1 aromatic rings. The number of alkyl halides is 2. The van der Waals surface area contributed by atoms with Gasteiger partial charge in [0.05, 0.1) is 6.61 Å². The van der Waals surface area contributed by atoms with Crippen molar-refractivity contribution in [2.45, 2.75) is 13.5 Å². The highest BCUT2D eigenvalue weighted by Gasteiger charge is 2.17. The summed E-state index contributed by atoms with van der Waals surface area (Å²) < 4.78 is 32.6. The Morgan fingerprint density at radius 2 is 2.33 bits per heavy atom. The van der Waals surface area contributed by atoms with Crippen molar-refractivity contribution in [1.29, 1.82) is 0 Å². The monoisotopic (exact) mass is 217 g/mol. The van der Waals surface area contributed by atoms with Gasteiger partial charge in [-0.1, -0.05) is 0 Å². The second-order valence-corrected chi connectivity index (χ2v) is 2.46. The summed E-state index contributed by atoms with van der Waals surface area (Å²) in [6, 6.07) is 2.74. The Balaban J connectivity index is 2.90. The zero-order valence-corrected chi connectivity index (χ0v) is 7.94. The van der Waals surface area contributed by atoms with Crippen molar-refractivity contribution < 1.29 is 23.0 Å². The van der Waals surface area contributed by atoms with Gasteiger partial charge < -0.3 is 9.47 Å². The molecule has 0 fully saturated rings. The first-order valence-electron chi connectivity index (χ1n) is 4.22. The number of rotatable bonds is 4. The summed E-state index contributed by atoms with van der Waals surface area (Å²) in [5, 5.41) is 0. The Morgan fingerprint density at radius 1 is 1.60 bits per heavy atom. The molecule has 0 unspecified atom stereocenters. The normalized spacial score (nSPS) is 10.1. The fraction of sp³-hybridized carbons (Fsp3) is 0.333. The first-order valence-corrected chi connectivity index (χ1v) is 4.22. The molecule has 0 amide bonds. The molecule has 0 aliphatic heterocycles. The second kappa shape index (κ2) is 5.23. The highest BCUT2D eigenvalue weighted by Crippen LogP contribution is 2.17. The number of esters is 1. The van der Waals surface area contributed by atoms with Crippen molar-refractivity contribution >= 4 is 5.97 Å². The summed E-state index contributed by atoms with van der Waals surface area (Å²) in [7, 11) is 0. The third kappa shape index (κ3) is 3.16. The van der Waals surface area contributed by atoms with Gasteiger partial charge in [0, 0.05) is 6.20 Å². The molecular weight excluding hydrogens is 208 g/mol. The molecule has 1 rings (SSSR count). The molecule has 1 aromatic heterocycles. The van der Waals surface area contributed by atoms with Crippen LogP contribution in [0.5, 0.6) is 5.88 Å². The Bertz CT molecular complexity index is 344. The maximum Gasteiger partial charge on any atom is 0.388 e. The number of halogens is 2. The topological polar surface area (TPSA) is 48.4 Å². The maximum absolute atomic E-state index is 11.9. The molecule has 0 N–H and O–H groups in total. The van der Waals surface area contributed by atoms with Gasteiger partial charge in [0.15, 0.2) is 0 Å². The number of carbonyl (C=O) groups excluding carboxylic acids is 1. The molecule has 0 radical (unpaired) electrons. The summed E-state index contributed by atoms with van der Waals surface area (Å²) in [5.41, 5.74) is -0.111. The number of carbonyl (C=O) groups is 1. The van der Waals surface area contributed by atoms with Crippen LogP contribution in [0.25, 0.3) is 0 Å². The maximum atomic E-state index is 11.9. The minimum absolute atomic E-state index is 0.111. The van der Waals surface area contributed by atoms with Gasteiger partial charge in [-0.25, -0.2) is 9.78 Å². The van der Waals surface area contributed by atoms with Gasteiger partial charge in [0.25, 0.3) is 0 Å². The molecule has 0 aromatic carbocycles. The van der Waals surface area contributed by atoms with E-state index >= 15 is 0 Å². The first kappa shape index (κ1) is 11.4. The lowest BCUT2D eigenvalue weighted by Crippen LogP contribution is -2.11. The third-order valence-corrected chi connectivity index (χ3v) is 1.47. The van der Waals surface area contributed by atoms with Gasteiger partial charge in [0.1, 0.15) is 5.56 Å². The zero-order valence-electron chi connectivity index (χ0n) is 7.94. The van der Waals surface area contributed by atoms with Gasteiger partial charge in [0.2, 0.25) is 5.88 Å². The van der Waals surface area contributed by atoms with Crippen LogP contribution in [0.3, 0.4) is 0 Å². The Hall–Kier alpha value is -1.72. The van der Waals surface area contributed by atoms with E-state index in [-0.39, 0.29) is 12.2 Å². The van der Waals surface area contributed by atoms with E-state index in [1.54, 1.807) is 6.92 Å². The number of aromatic nitrogens is 1. The highest BCUT2D eigenvalue weighted by molar-refractivity contribution is 5.91. The largest absolute Gasteiger partial charge is 0.462 e. The SMILES string of the molecule is CCOC(=O)c1cccnc1OC(F)F. The van der Waals surface area contributed by atoms with Crippen LogP contribution in [0.4, 0.5) is 8.78 Å². The lowest BCUT2D eigenvalue weighted by molar-refractivity contribution is -0.0534. The van der Waals surface area contributed by atoms with Crippen LogP contribution in [0.15, 0.2) is 18.3 Å². The molecule has 82 valence electrons. The number of pyridine rings is 1. The predicted molar refractivity (Wildman–Crippen MR) is 46.8 cm³/mol. The standard InChI is InChI=1S/C9H9F2NO3/c1-2-14-8(13)6-4-3-5-12-7(6)15-9(10)11/h3-5,9H,2H2,1H3. The predicted octanol–water partition coefficient (Wildman–Crippen LogP) is 1.86. The fourth-order valence-electron chi connectivity index (χ4n) is 0.933. The Kier molecular flexibility index (Phi) is 3.96. The van der Waals surface area contributed by atoms with Gasteiger partial charge in [-0.2, -0.15) is 8.78 Å². The molecule has 0 atom stereocenters. The summed E-state index contributed by atoms with van der Waals surface area (Å²) >= 11 is 0. The van der Waals surface area contributed by atoms with Crippen LogP contribution >= 0.6 is 0 Å². The fourth-order valence-corrected chi connectivity index (χ4v) is 0.933. The number of hydrogen-bond donors (Lipinski definition) is 0. The average Bonchev–Trinajstić information content (AvgIpc) is 2.18. The third-order valence-electron chi connectivity index (χ3n) is 1.47. The van der Waals surface area contributed by atoms with Crippen molar-refractivity contribution in [3.63, 3.8) is 0 Å². The molecule has 0 bridgehead atoms. The summed E-state index contributed by atoms with van der Waals surface area (Å²) in [6.45, 7) is -1.25. The number of ether oxygens (including phenoxy) is 2. The molecule has 0 aliphatic rings. The number of hydrogen-bond acceptors (Lipinski definition) is 4. The van der Waals surface area contributed by atoms with E-state index in [1.807, 2.05) is 0 Å². The van der Waals surface area contributed by atoms with Gasteiger partial charge in [-0.05, 0) is 19.1 Å². The second-order valence-electron chi connectivity index (χ2n) is 2.46. The van der Waals surface area contributed by atoms with Crippen LogP contribution in [0.1, 0.15) is 17.3 Å². The van der Waals surface area contributed by atoms with Crippen LogP contribution in [0.2, 0.25) is 0 Å². The molecule has 15 heavy (non-hydrogen) atoms. The molecule has 6 heteroatoms. The molecule has 0 aliphatic carbocycles. The molecule has 1 heterocycles. The van der Waals surface area contributed by atoms with Crippen molar-refractivity contribution in [2.24, 2.45) is 0 Å². The van der Waals surface area contributed by atoms with Crippen LogP contribution in [0, 0.1) is 0 Å². The lowest BCUT2D eigenvalue weighted by Gasteiger charge is -2.07. The quantitative estimate of drug-likeness (QED) is 0.722. The van der Waals surface area contributed by atoms with E-state index in [1.165, 1.54) is 18.3 Å². The van der Waals surface area contributed by atoms with Gasteiger partial charge >= 0.3 is 12.6 Å². The molecule has 0 saturated carbocycles. The van der Waals surface area contributed by atoms with E-state index in [0.29, 0.717) is 0 Å². The summed E-state index contributed by atoms with van der Waals surface area (Å²) in [5.74, 6) is -1.16. The Morgan fingerprint density at radius 3 is 2.93 bits per heavy atom. The molecule has 4 nitrogen and oxygen atoms in total. The summed E-state index contributed by atoms with van der Waals surface area (Å²) in [6.07, 6.45) is 1.25. The van der Waals surface area contributed by atoms with Crippen molar-refractivity contribution in [3.8, 4) is 5.88 Å². The first-order chi connectivity index (χ1) is 7.15. The van der Waals surface area contributed by atoms with E-state index in [2.05, 4.69) is 14.5 Å². The van der Waals surface area contributed by atoms with E-state index in [9.17, 15) is 13.6 Å². The lowest BCUT2D eigenvalue weighted by atomic mass is 10.3. The minimum atomic E-state index is -3.02. The molecular formula is C9H9F2NO3. The highest BCUT2D eigenvalue weighted by atomic mass is 19.3. The smallest absolute Gasteiger partial charge is 0.388 e. The van der Waals surface area contributed by atoms with Gasteiger partial charge in [-0.15, -0.1) is 0 Å². The molecule has 0 saturated heterocycles. The number of nitrogens with zero attached hydrogens (tertiary/aromatic N) is 1. The van der Waals surface area contributed by atoms with Crippen molar-refractivity contribution in [2.75, 3.05) is 6.61 Å². The van der Waals surface area contributed by atoms with Gasteiger partial charge in [-0.3, -0.25) is 0 Å². The summed E-state index contributed by atoms with van der Waals surface area (Å²) in [4.78, 5) is 14.8. The van der Waals surface area contributed by atoms with Crippen molar-refractivity contribution in [3.05, 3.63) is 23.9 Å². The zero-order chi connectivity index (χ0) is 11.3. The Labute approximate surface area is 84.8 Å². The van der Waals surface area contributed by atoms with Crippen LogP contribution in [-0.2, 0) is 4.74 Å². The van der Waals surface area contributed by atoms with Crippen LogP contribution in [-0.4, -0.2) is 24.2 Å². The van der Waals surface area contributed by atoms with E-state index in [0.717, 1.165) is 0 Å². The molecule has 0 spiro atoms. The van der Waals surface area contributed by atoms with Crippen LogP contribution < -0.4 is 4.74 Å². The minimum Gasteiger partial charge on any atom is -0.462 e. The van der Waals surface area contributed by atoms with E-state index in [4.69, 9.17) is 0 Å². The van der Waals surface area contributed by atoms with Crippen molar-refractivity contribution in [1.82, 2.24) is 4.98 Å². The average molecular weight is 217 g/mol. The van der Waals surface area contributed by atoms with E-state index < -0.39 is 18.5 Å².